The predicted molar refractivity (Wildman–Crippen MR) is 62.0 cm³/mol. The second kappa shape index (κ2) is 4.85. The van der Waals surface area contributed by atoms with E-state index in [-0.39, 0.29) is 0 Å². The van der Waals surface area contributed by atoms with Gasteiger partial charge >= 0.3 is 6.18 Å². The summed E-state index contributed by atoms with van der Waals surface area (Å²) in [6, 6.07) is 5.62. The van der Waals surface area contributed by atoms with E-state index in [1.54, 1.807) is 18.3 Å². The Hall–Kier alpha value is -1.76. The van der Waals surface area contributed by atoms with Gasteiger partial charge in [0.25, 0.3) is 0 Å². The lowest BCUT2D eigenvalue weighted by Gasteiger charge is -2.07. The molecular formula is C11H8F3N3S. The van der Waals surface area contributed by atoms with E-state index in [2.05, 4.69) is 9.97 Å². The van der Waals surface area contributed by atoms with Crippen molar-refractivity contribution in [2.75, 3.05) is 5.73 Å². The highest BCUT2D eigenvalue weighted by Crippen LogP contribution is 2.32. The maximum atomic E-state index is 12.3. The first kappa shape index (κ1) is 12.7. The molecule has 0 spiro atoms. The average Bonchev–Trinajstić information content (AvgIpc) is 2.32. The molecule has 0 saturated heterocycles. The monoisotopic (exact) mass is 271 g/mol. The molecule has 0 unspecified atom stereocenters. The molecule has 2 rings (SSSR count). The van der Waals surface area contributed by atoms with Gasteiger partial charge in [-0.3, -0.25) is 0 Å². The van der Waals surface area contributed by atoms with Gasteiger partial charge in [0, 0.05) is 12.4 Å². The number of hydrogen-bond acceptors (Lipinski definition) is 4. The third kappa shape index (κ3) is 2.92. The zero-order valence-electron chi connectivity index (χ0n) is 8.98. The summed E-state index contributed by atoms with van der Waals surface area (Å²) >= 11 is 1.12. The minimum Gasteiger partial charge on any atom is -0.397 e. The highest BCUT2D eigenvalue weighted by Gasteiger charge is 2.30. The number of hydrogen-bond donors (Lipinski definition) is 1. The van der Waals surface area contributed by atoms with Crippen molar-refractivity contribution < 1.29 is 13.2 Å². The van der Waals surface area contributed by atoms with E-state index < -0.39 is 11.7 Å². The number of halogens is 3. The van der Waals surface area contributed by atoms with E-state index >= 15 is 0 Å². The molecule has 0 atom stereocenters. The molecule has 0 aliphatic rings. The zero-order valence-corrected chi connectivity index (χ0v) is 9.79. The third-order valence-corrected chi connectivity index (χ3v) is 3.05. The summed E-state index contributed by atoms with van der Waals surface area (Å²) in [6.07, 6.45) is -2.02. The lowest BCUT2D eigenvalue weighted by atomic mass is 10.3. The molecule has 0 bridgehead atoms. The molecule has 0 saturated carbocycles. The van der Waals surface area contributed by atoms with Crippen molar-refractivity contribution >= 4 is 17.4 Å². The molecule has 0 fully saturated rings. The molecule has 3 nitrogen and oxygen atoms in total. The van der Waals surface area contributed by atoms with Crippen LogP contribution in [0.5, 0.6) is 0 Å². The van der Waals surface area contributed by atoms with Gasteiger partial charge in [0.15, 0.2) is 0 Å². The van der Waals surface area contributed by atoms with E-state index in [1.807, 2.05) is 0 Å². The lowest BCUT2D eigenvalue weighted by molar-refractivity contribution is -0.137. The van der Waals surface area contributed by atoms with E-state index in [4.69, 9.17) is 5.73 Å². The Balaban J connectivity index is 2.19. The van der Waals surface area contributed by atoms with Crippen LogP contribution < -0.4 is 5.73 Å². The van der Waals surface area contributed by atoms with Gasteiger partial charge in [-0.1, -0.05) is 0 Å². The molecule has 18 heavy (non-hydrogen) atoms. The molecule has 2 heterocycles. The van der Waals surface area contributed by atoms with Crippen LogP contribution in [0.4, 0.5) is 18.9 Å². The second-order valence-electron chi connectivity index (χ2n) is 3.38. The summed E-state index contributed by atoms with van der Waals surface area (Å²) in [5, 5.41) is 0.929. The van der Waals surface area contributed by atoms with E-state index in [9.17, 15) is 13.2 Å². The van der Waals surface area contributed by atoms with Crippen molar-refractivity contribution in [1.82, 2.24) is 9.97 Å². The van der Waals surface area contributed by atoms with Crippen LogP contribution in [0.25, 0.3) is 0 Å². The smallest absolute Gasteiger partial charge is 0.397 e. The fraction of sp³-hybridized carbons (Fsp3) is 0.0909. The van der Waals surface area contributed by atoms with Crippen LogP contribution in [-0.2, 0) is 6.18 Å². The summed E-state index contributed by atoms with van der Waals surface area (Å²) < 4.78 is 37.0. The Morgan fingerprint density at radius 1 is 1.11 bits per heavy atom. The van der Waals surface area contributed by atoms with Crippen LogP contribution in [0.15, 0.2) is 46.7 Å². The molecule has 0 amide bonds. The van der Waals surface area contributed by atoms with Crippen molar-refractivity contribution in [3.8, 4) is 0 Å². The maximum absolute atomic E-state index is 12.3. The first-order valence-corrected chi connectivity index (χ1v) is 5.70. The van der Waals surface area contributed by atoms with Crippen LogP contribution in [0, 0.1) is 0 Å². The molecule has 7 heteroatoms. The highest BCUT2D eigenvalue weighted by molar-refractivity contribution is 7.99. The number of nitrogens with two attached hydrogens (primary N) is 1. The Morgan fingerprint density at radius 3 is 2.44 bits per heavy atom. The van der Waals surface area contributed by atoms with Crippen LogP contribution >= 0.6 is 11.8 Å². The van der Waals surface area contributed by atoms with Gasteiger partial charge in [0.1, 0.15) is 10.1 Å². The molecule has 0 aliphatic carbocycles. The van der Waals surface area contributed by atoms with Gasteiger partial charge in [0.05, 0.1) is 11.3 Å². The first-order valence-electron chi connectivity index (χ1n) is 4.88. The summed E-state index contributed by atoms with van der Waals surface area (Å²) in [5.41, 5.74) is 5.36. The summed E-state index contributed by atoms with van der Waals surface area (Å²) in [4.78, 5) is 7.75. The van der Waals surface area contributed by atoms with E-state index in [0.717, 1.165) is 24.0 Å². The van der Waals surface area contributed by atoms with Gasteiger partial charge < -0.3 is 5.73 Å². The van der Waals surface area contributed by atoms with E-state index in [0.29, 0.717) is 15.7 Å². The van der Waals surface area contributed by atoms with Gasteiger partial charge in [-0.2, -0.15) is 13.2 Å². The number of pyridine rings is 2. The fourth-order valence-electron chi connectivity index (χ4n) is 1.20. The summed E-state index contributed by atoms with van der Waals surface area (Å²) in [7, 11) is 0. The maximum Gasteiger partial charge on any atom is 0.417 e. The number of anilines is 1. The Bertz CT molecular complexity index is 540. The number of aromatic nitrogens is 2. The molecule has 0 aromatic carbocycles. The minimum absolute atomic E-state index is 0.411. The number of nitrogen functional groups attached to an aromatic ring is 1. The number of alkyl halides is 3. The summed E-state index contributed by atoms with van der Waals surface area (Å²) in [5.74, 6) is 0. The zero-order chi connectivity index (χ0) is 13.2. The van der Waals surface area contributed by atoms with Crippen LogP contribution in [-0.4, -0.2) is 9.97 Å². The largest absolute Gasteiger partial charge is 0.417 e. The minimum atomic E-state index is -4.37. The normalized spacial score (nSPS) is 11.5. The fourth-order valence-corrected chi connectivity index (χ4v) is 1.93. The van der Waals surface area contributed by atoms with Gasteiger partial charge in [-0.25, -0.2) is 9.97 Å². The van der Waals surface area contributed by atoms with Gasteiger partial charge in [-0.05, 0) is 36.0 Å². The van der Waals surface area contributed by atoms with E-state index in [1.165, 1.54) is 6.07 Å². The average molecular weight is 271 g/mol. The van der Waals surface area contributed by atoms with Gasteiger partial charge in [-0.15, -0.1) is 0 Å². The van der Waals surface area contributed by atoms with Crippen LogP contribution in [0.1, 0.15) is 5.56 Å². The number of nitrogens with zero attached hydrogens (tertiary/aromatic N) is 2. The molecule has 2 aromatic rings. The molecule has 2 aromatic heterocycles. The van der Waals surface area contributed by atoms with Crippen molar-refractivity contribution in [1.29, 1.82) is 0 Å². The third-order valence-electron chi connectivity index (χ3n) is 2.07. The summed E-state index contributed by atoms with van der Waals surface area (Å²) in [6.45, 7) is 0. The first-order chi connectivity index (χ1) is 8.47. The van der Waals surface area contributed by atoms with Crippen molar-refractivity contribution in [3.63, 3.8) is 0 Å². The topological polar surface area (TPSA) is 51.8 Å². The molecular weight excluding hydrogens is 263 g/mol. The highest BCUT2D eigenvalue weighted by atomic mass is 32.2. The van der Waals surface area contributed by atoms with Crippen molar-refractivity contribution in [2.24, 2.45) is 0 Å². The van der Waals surface area contributed by atoms with Crippen molar-refractivity contribution in [2.45, 2.75) is 16.2 Å². The van der Waals surface area contributed by atoms with Gasteiger partial charge in [0.2, 0.25) is 0 Å². The Morgan fingerprint density at radius 2 is 1.89 bits per heavy atom. The van der Waals surface area contributed by atoms with Crippen LogP contribution in [0.2, 0.25) is 0 Å². The Kier molecular flexibility index (Phi) is 3.42. The molecule has 2 N–H and O–H groups in total. The second-order valence-corrected chi connectivity index (χ2v) is 4.39. The molecule has 0 aliphatic heterocycles. The van der Waals surface area contributed by atoms with Crippen molar-refractivity contribution in [3.05, 3.63) is 42.2 Å². The lowest BCUT2D eigenvalue weighted by Crippen LogP contribution is -2.05. The predicted octanol–water partition coefficient (Wildman–Crippen LogP) is 3.23. The SMILES string of the molecule is Nc1cccnc1Sc1ccc(C(F)(F)F)cn1. The Labute approximate surface area is 105 Å². The molecule has 94 valence electrons. The standard InChI is InChI=1S/C11H8F3N3S/c12-11(13,14)7-3-4-9(17-6-7)18-10-8(15)2-1-5-16-10/h1-6H,15H2. The van der Waals surface area contributed by atoms with Crippen LogP contribution in [0.3, 0.4) is 0 Å². The molecule has 0 radical (unpaired) electrons. The quantitative estimate of drug-likeness (QED) is 0.911. The number of rotatable bonds is 2.